The van der Waals surface area contributed by atoms with Gasteiger partial charge in [0.05, 0.1) is 6.61 Å². The van der Waals surface area contributed by atoms with Gasteiger partial charge in [-0.2, -0.15) is 0 Å². The molecule has 0 aliphatic carbocycles. The molecule has 4 N–H and O–H groups in total. The number of anilines is 1. The summed E-state index contributed by atoms with van der Waals surface area (Å²) >= 11 is 3.32. The number of imidazole rings is 1. The van der Waals surface area contributed by atoms with Gasteiger partial charge in [0.2, 0.25) is 0 Å². The molecule has 1 aliphatic rings. The molecule has 0 radical (unpaired) electrons. The summed E-state index contributed by atoms with van der Waals surface area (Å²) in [4.78, 5) is 23.2. The van der Waals surface area contributed by atoms with E-state index < -0.39 is 24.6 Å². The number of nitrogens with zero attached hydrogens (tertiary/aromatic N) is 4. The molecule has 0 unspecified atom stereocenters. The first-order valence-corrected chi connectivity index (χ1v) is 7.53. The van der Waals surface area contributed by atoms with E-state index in [1.165, 1.54) is 6.33 Å². The molecule has 1 aliphatic heterocycles. The van der Waals surface area contributed by atoms with Crippen molar-refractivity contribution in [2.75, 3.05) is 12.3 Å². The van der Waals surface area contributed by atoms with E-state index in [9.17, 15) is 9.90 Å². The smallest absolute Gasteiger partial charge is 0.450 e. The number of fused-ring (bicyclic) bond motifs is 1. The van der Waals surface area contributed by atoms with E-state index in [0.717, 1.165) is 0 Å². The quantitative estimate of drug-likeness (QED) is 0.512. The van der Waals surface area contributed by atoms with E-state index in [0.29, 0.717) is 15.9 Å². The summed E-state index contributed by atoms with van der Waals surface area (Å²) in [6.07, 6.45) is -2.35. The van der Waals surface area contributed by atoms with Crippen molar-refractivity contribution in [3.63, 3.8) is 0 Å². The van der Waals surface area contributed by atoms with Crippen molar-refractivity contribution in [2.45, 2.75) is 25.4 Å². The lowest BCUT2D eigenvalue weighted by Crippen LogP contribution is -2.33. The highest BCUT2D eigenvalue weighted by atomic mass is 79.9. The monoisotopic (exact) mass is 387 g/mol. The van der Waals surface area contributed by atoms with Gasteiger partial charge < -0.3 is 25.4 Å². The number of aromatic nitrogens is 4. The zero-order valence-electron chi connectivity index (χ0n) is 12.0. The Morgan fingerprint density at radius 3 is 2.96 bits per heavy atom. The van der Waals surface area contributed by atoms with Gasteiger partial charge in [-0.1, -0.05) is 6.92 Å². The van der Waals surface area contributed by atoms with Crippen LogP contribution in [0.1, 0.15) is 13.2 Å². The number of nitrogens with two attached hydrogens (primary N) is 1. The van der Waals surface area contributed by atoms with Crippen LogP contribution in [0.15, 0.2) is 11.1 Å². The fourth-order valence-electron chi connectivity index (χ4n) is 2.75. The zero-order valence-corrected chi connectivity index (χ0v) is 13.5. The number of ether oxygens (including phenoxy) is 2. The number of rotatable bonds is 3. The summed E-state index contributed by atoms with van der Waals surface area (Å²) in [5, 5.41) is 18.3. The first-order valence-electron chi connectivity index (χ1n) is 6.73. The summed E-state index contributed by atoms with van der Waals surface area (Å²) in [6.45, 7) is 1.39. The predicted octanol–water partition coefficient (Wildman–Crippen LogP) is 0.760. The van der Waals surface area contributed by atoms with Gasteiger partial charge in [-0.15, -0.1) is 0 Å². The van der Waals surface area contributed by atoms with E-state index >= 15 is 0 Å². The largest absolute Gasteiger partial charge is 0.506 e. The summed E-state index contributed by atoms with van der Waals surface area (Å²) < 4.78 is 12.7. The number of aliphatic hydroxyl groups is 1. The first kappa shape index (κ1) is 15.9. The Hall–Kier alpha value is -1.98. The molecule has 0 aromatic carbocycles. The molecule has 1 saturated heterocycles. The average Bonchev–Trinajstić information content (AvgIpc) is 2.98. The highest BCUT2D eigenvalue weighted by Crippen LogP contribution is 2.39. The van der Waals surface area contributed by atoms with Gasteiger partial charge in [0.25, 0.3) is 0 Å². The first-order chi connectivity index (χ1) is 10.9. The number of hydrogen-bond donors (Lipinski definition) is 3. The van der Waals surface area contributed by atoms with Gasteiger partial charge in [0.15, 0.2) is 21.7 Å². The number of hydrogen-bond acceptors (Lipinski definition) is 8. The van der Waals surface area contributed by atoms with Crippen molar-refractivity contribution in [1.82, 2.24) is 19.5 Å². The van der Waals surface area contributed by atoms with Crippen molar-refractivity contribution < 1.29 is 24.5 Å². The predicted molar refractivity (Wildman–Crippen MR) is 80.5 cm³/mol. The summed E-state index contributed by atoms with van der Waals surface area (Å²) in [5.41, 5.74) is 6.63. The van der Waals surface area contributed by atoms with Crippen LogP contribution in [0.4, 0.5) is 10.6 Å². The molecule has 1 fully saturated rings. The molecule has 11 heteroatoms. The fourth-order valence-corrected chi connectivity index (χ4v) is 3.30. The van der Waals surface area contributed by atoms with Gasteiger partial charge >= 0.3 is 6.16 Å². The van der Waals surface area contributed by atoms with Crippen LogP contribution in [0.25, 0.3) is 11.2 Å². The Balaban J connectivity index is 2.04. The minimum Gasteiger partial charge on any atom is -0.450 e. The summed E-state index contributed by atoms with van der Waals surface area (Å²) in [5.74, 6) is -0.162. The Morgan fingerprint density at radius 2 is 2.30 bits per heavy atom. The van der Waals surface area contributed by atoms with Crippen LogP contribution in [0, 0.1) is 5.92 Å². The lowest BCUT2D eigenvalue weighted by Gasteiger charge is -2.19. The van der Waals surface area contributed by atoms with Crippen LogP contribution in [-0.4, -0.2) is 54.7 Å². The lowest BCUT2D eigenvalue weighted by molar-refractivity contribution is -0.0523. The molecule has 0 spiro atoms. The molecule has 3 heterocycles. The average molecular weight is 388 g/mol. The molecule has 2 aromatic heterocycles. The van der Waals surface area contributed by atoms with Crippen molar-refractivity contribution in [3.05, 3.63) is 11.1 Å². The third kappa shape index (κ3) is 2.60. The maximum absolute atomic E-state index is 10.9. The van der Waals surface area contributed by atoms with Gasteiger partial charge in [-0.25, -0.2) is 19.7 Å². The standard InChI is InChI=1S/C12H14BrN5O5/c1-4-7(23-12(20)21)5(2-19)22-10(4)18-9-6(17-11(18)13)8(14)15-3-16-9/h3-5,7,10,19H,2H2,1H3,(H,20,21)(H2,14,15,16)/t4-,5+,7-,10+/m0/s1. The van der Waals surface area contributed by atoms with Crippen molar-refractivity contribution in [2.24, 2.45) is 5.92 Å². The van der Waals surface area contributed by atoms with Crippen molar-refractivity contribution >= 4 is 39.1 Å². The van der Waals surface area contributed by atoms with Crippen LogP contribution in [-0.2, 0) is 9.47 Å². The van der Waals surface area contributed by atoms with Gasteiger partial charge in [0, 0.05) is 5.92 Å². The minimum atomic E-state index is -1.43. The van der Waals surface area contributed by atoms with Gasteiger partial charge in [-0.3, -0.25) is 4.57 Å². The second-order valence-corrected chi connectivity index (χ2v) is 5.85. The molecular formula is C12H14BrN5O5. The van der Waals surface area contributed by atoms with Gasteiger partial charge in [-0.05, 0) is 15.9 Å². The van der Waals surface area contributed by atoms with Crippen molar-refractivity contribution in [3.8, 4) is 0 Å². The third-order valence-electron chi connectivity index (χ3n) is 3.78. The molecule has 23 heavy (non-hydrogen) atoms. The highest BCUT2D eigenvalue weighted by Gasteiger charge is 2.46. The Labute approximate surface area is 138 Å². The number of halogens is 1. The van der Waals surface area contributed by atoms with E-state index in [-0.39, 0.29) is 18.3 Å². The topological polar surface area (TPSA) is 146 Å². The number of aliphatic hydroxyl groups excluding tert-OH is 1. The molecule has 0 saturated carbocycles. The number of nitrogen functional groups attached to an aromatic ring is 1. The summed E-state index contributed by atoms with van der Waals surface area (Å²) in [6, 6.07) is 0. The van der Waals surface area contributed by atoms with Crippen molar-refractivity contribution in [1.29, 1.82) is 0 Å². The van der Waals surface area contributed by atoms with E-state index in [2.05, 4.69) is 30.9 Å². The highest BCUT2D eigenvalue weighted by molar-refractivity contribution is 9.10. The number of carbonyl (C=O) groups is 1. The zero-order chi connectivity index (χ0) is 16.7. The molecule has 4 atom stereocenters. The van der Waals surface area contributed by atoms with E-state index in [1.54, 1.807) is 11.5 Å². The van der Waals surface area contributed by atoms with Crippen LogP contribution >= 0.6 is 15.9 Å². The van der Waals surface area contributed by atoms with Crippen LogP contribution in [0.2, 0.25) is 0 Å². The maximum Gasteiger partial charge on any atom is 0.506 e. The second-order valence-electron chi connectivity index (χ2n) is 5.14. The van der Waals surface area contributed by atoms with E-state index in [4.69, 9.17) is 20.3 Å². The van der Waals surface area contributed by atoms with Crippen LogP contribution in [0.3, 0.4) is 0 Å². The molecular weight excluding hydrogens is 374 g/mol. The Morgan fingerprint density at radius 1 is 1.57 bits per heavy atom. The Kier molecular flexibility index (Phi) is 4.08. The maximum atomic E-state index is 10.9. The molecule has 10 nitrogen and oxygen atoms in total. The third-order valence-corrected chi connectivity index (χ3v) is 4.34. The second kappa shape index (κ2) is 5.91. The molecule has 124 valence electrons. The normalized spacial score (nSPS) is 27.4. The number of carboxylic acid groups (broad SMARTS) is 1. The van der Waals surface area contributed by atoms with Crippen LogP contribution in [0.5, 0.6) is 0 Å². The SMILES string of the molecule is C[C@H]1[C@H](OC(=O)O)[C@@H](CO)O[C@H]1n1c(Br)nc2c(N)ncnc21. The molecule has 3 rings (SSSR count). The Bertz CT molecular complexity index is 753. The minimum absolute atomic E-state index is 0.220. The molecule has 0 amide bonds. The molecule has 2 aromatic rings. The van der Waals surface area contributed by atoms with Gasteiger partial charge in [0.1, 0.15) is 24.8 Å². The lowest BCUT2D eigenvalue weighted by atomic mass is 10.0. The summed E-state index contributed by atoms with van der Waals surface area (Å²) in [7, 11) is 0. The fraction of sp³-hybridized carbons (Fsp3) is 0.500. The van der Waals surface area contributed by atoms with E-state index in [1.807, 2.05) is 0 Å². The molecule has 0 bridgehead atoms. The van der Waals surface area contributed by atoms with Crippen LogP contribution < -0.4 is 5.73 Å².